The van der Waals surface area contributed by atoms with Gasteiger partial charge >= 0.3 is 0 Å². The van der Waals surface area contributed by atoms with Gasteiger partial charge in [0, 0.05) is 38.4 Å². The van der Waals surface area contributed by atoms with Crippen LogP contribution < -0.4 is 0 Å². The van der Waals surface area contributed by atoms with E-state index in [1.807, 2.05) is 36.7 Å². The SMILES string of the molecule is [CH2]CCN1C=CN(C)C=C1. The van der Waals surface area contributed by atoms with E-state index in [4.69, 9.17) is 0 Å². The van der Waals surface area contributed by atoms with Crippen LogP contribution in [0.4, 0.5) is 0 Å². The first kappa shape index (κ1) is 7.19. The fourth-order valence-corrected chi connectivity index (χ4v) is 0.813. The number of hydrogen-bond donors (Lipinski definition) is 0. The molecule has 1 heterocycles. The number of rotatable bonds is 2. The first-order chi connectivity index (χ1) is 4.83. The summed E-state index contributed by atoms with van der Waals surface area (Å²) in [5, 5.41) is 0. The van der Waals surface area contributed by atoms with E-state index in [1.165, 1.54) is 0 Å². The summed E-state index contributed by atoms with van der Waals surface area (Å²) < 4.78 is 0. The van der Waals surface area contributed by atoms with E-state index in [9.17, 15) is 0 Å². The predicted molar refractivity (Wildman–Crippen MR) is 42.7 cm³/mol. The summed E-state index contributed by atoms with van der Waals surface area (Å²) in [6.45, 7) is 4.78. The third-order valence-corrected chi connectivity index (χ3v) is 1.40. The van der Waals surface area contributed by atoms with Crippen molar-refractivity contribution in [2.45, 2.75) is 6.42 Å². The third kappa shape index (κ3) is 1.79. The molecule has 0 amide bonds. The minimum absolute atomic E-state index is 0.943. The van der Waals surface area contributed by atoms with Crippen LogP contribution in [0.15, 0.2) is 24.8 Å². The summed E-state index contributed by atoms with van der Waals surface area (Å²) in [6.07, 6.45) is 9.08. The van der Waals surface area contributed by atoms with Crippen molar-refractivity contribution >= 4 is 0 Å². The van der Waals surface area contributed by atoms with Crippen LogP contribution in [0, 0.1) is 6.92 Å². The molecular weight excluding hydrogens is 124 g/mol. The van der Waals surface area contributed by atoms with Crippen LogP contribution in [0.1, 0.15) is 6.42 Å². The first-order valence-electron chi connectivity index (χ1n) is 3.46. The summed E-state index contributed by atoms with van der Waals surface area (Å²) in [7, 11) is 2.01. The summed E-state index contributed by atoms with van der Waals surface area (Å²) in [6, 6.07) is 0. The highest BCUT2D eigenvalue weighted by molar-refractivity contribution is 4.99. The van der Waals surface area contributed by atoms with E-state index in [1.54, 1.807) is 0 Å². The van der Waals surface area contributed by atoms with E-state index >= 15 is 0 Å². The van der Waals surface area contributed by atoms with Crippen molar-refractivity contribution in [1.29, 1.82) is 0 Å². The predicted octanol–water partition coefficient (Wildman–Crippen LogP) is 1.40. The quantitative estimate of drug-likeness (QED) is 0.567. The summed E-state index contributed by atoms with van der Waals surface area (Å²) in [5.41, 5.74) is 0. The Morgan fingerprint density at radius 1 is 1.20 bits per heavy atom. The van der Waals surface area contributed by atoms with Crippen molar-refractivity contribution in [2.24, 2.45) is 0 Å². The second kappa shape index (κ2) is 3.30. The Bertz CT molecular complexity index is 135. The van der Waals surface area contributed by atoms with Gasteiger partial charge in [-0.05, 0) is 6.42 Å². The average Bonchev–Trinajstić information content (AvgIpc) is 1.95. The second-order valence-corrected chi connectivity index (χ2v) is 2.35. The largest absolute Gasteiger partial charge is 0.354 e. The standard InChI is InChI=1S/C8H13N2/c1-3-4-10-7-5-9(2)6-8-10/h5-8H,1,3-4H2,2H3. The van der Waals surface area contributed by atoms with Crippen LogP contribution >= 0.6 is 0 Å². The zero-order valence-corrected chi connectivity index (χ0v) is 6.33. The minimum atomic E-state index is 0.943. The maximum Gasteiger partial charge on any atom is 0.0220 e. The highest BCUT2D eigenvalue weighted by Gasteiger charge is 1.96. The van der Waals surface area contributed by atoms with Crippen molar-refractivity contribution in [1.82, 2.24) is 9.80 Å². The molecule has 2 nitrogen and oxygen atoms in total. The molecule has 2 heteroatoms. The van der Waals surface area contributed by atoms with Crippen LogP contribution in [0.25, 0.3) is 0 Å². The lowest BCUT2D eigenvalue weighted by molar-refractivity contribution is 0.459. The molecule has 0 fully saturated rings. The molecule has 0 saturated carbocycles. The Balaban J connectivity index is 2.38. The Labute approximate surface area is 62.4 Å². The maximum absolute atomic E-state index is 3.78. The van der Waals surface area contributed by atoms with E-state index in [-0.39, 0.29) is 0 Å². The lowest BCUT2D eigenvalue weighted by Gasteiger charge is -2.21. The van der Waals surface area contributed by atoms with E-state index in [0.717, 1.165) is 13.0 Å². The fraction of sp³-hybridized carbons (Fsp3) is 0.375. The van der Waals surface area contributed by atoms with Gasteiger partial charge in [-0.15, -0.1) is 0 Å². The van der Waals surface area contributed by atoms with Gasteiger partial charge in [0.1, 0.15) is 0 Å². The monoisotopic (exact) mass is 137 g/mol. The third-order valence-electron chi connectivity index (χ3n) is 1.40. The highest BCUT2D eigenvalue weighted by Crippen LogP contribution is 2.01. The Morgan fingerprint density at radius 3 is 2.30 bits per heavy atom. The molecule has 0 aromatic rings. The van der Waals surface area contributed by atoms with Crippen molar-refractivity contribution < 1.29 is 0 Å². The average molecular weight is 137 g/mol. The smallest absolute Gasteiger partial charge is 0.0220 e. The maximum atomic E-state index is 3.78. The normalized spacial score (nSPS) is 16.6. The number of hydrogen-bond acceptors (Lipinski definition) is 2. The molecule has 0 aromatic heterocycles. The molecule has 0 unspecified atom stereocenters. The van der Waals surface area contributed by atoms with Gasteiger partial charge in [0.15, 0.2) is 0 Å². The lowest BCUT2D eigenvalue weighted by Crippen LogP contribution is -2.17. The van der Waals surface area contributed by atoms with Crippen LogP contribution in [-0.2, 0) is 0 Å². The fourth-order valence-electron chi connectivity index (χ4n) is 0.813. The lowest BCUT2D eigenvalue weighted by atomic mass is 10.4. The van der Waals surface area contributed by atoms with Crippen molar-refractivity contribution in [3.63, 3.8) is 0 Å². The van der Waals surface area contributed by atoms with Crippen LogP contribution in [0.3, 0.4) is 0 Å². The van der Waals surface area contributed by atoms with Gasteiger partial charge in [0.2, 0.25) is 0 Å². The molecular formula is C8H13N2. The van der Waals surface area contributed by atoms with Crippen molar-refractivity contribution in [2.75, 3.05) is 13.6 Å². The molecule has 1 aliphatic heterocycles. The zero-order chi connectivity index (χ0) is 7.40. The second-order valence-electron chi connectivity index (χ2n) is 2.35. The van der Waals surface area contributed by atoms with E-state index in [2.05, 4.69) is 11.8 Å². The van der Waals surface area contributed by atoms with Gasteiger partial charge in [-0.3, -0.25) is 0 Å². The van der Waals surface area contributed by atoms with Gasteiger partial charge in [-0.1, -0.05) is 6.92 Å². The Kier molecular flexibility index (Phi) is 2.37. The van der Waals surface area contributed by atoms with Gasteiger partial charge in [0.05, 0.1) is 0 Å². The van der Waals surface area contributed by atoms with E-state index in [0.29, 0.717) is 0 Å². The molecule has 0 spiro atoms. The molecule has 0 saturated heterocycles. The first-order valence-corrected chi connectivity index (χ1v) is 3.46. The molecule has 1 radical (unpaired) electrons. The van der Waals surface area contributed by atoms with E-state index < -0.39 is 0 Å². The molecule has 0 N–H and O–H groups in total. The van der Waals surface area contributed by atoms with Gasteiger partial charge < -0.3 is 9.80 Å². The molecule has 0 bridgehead atoms. The van der Waals surface area contributed by atoms with Crippen molar-refractivity contribution in [3.8, 4) is 0 Å². The Morgan fingerprint density at radius 2 is 1.80 bits per heavy atom. The molecule has 1 rings (SSSR count). The molecule has 0 aliphatic carbocycles. The molecule has 1 aliphatic rings. The summed E-state index contributed by atoms with van der Waals surface area (Å²) >= 11 is 0. The summed E-state index contributed by atoms with van der Waals surface area (Å²) in [4.78, 5) is 4.13. The van der Waals surface area contributed by atoms with Gasteiger partial charge in [0.25, 0.3) is 0 Å². The summed E-state index contributed by atoms with van der Waals surface area (Å²) in [5.74, 6) is 0. The van der Waals surface area contributed by atoms with Crippen LogP contribution in [-0.4, -0.2) is 23.4 Å². The number of nitrogens with zero attached hydrogens (tertiary/aromatic N) is 2. The molecule has 0 atom stereocenters. The van der Waals surface area contributed by atoms with Gasteiger partial charge in [-0.2, -0.15) is 0 Å². The zero-order valence-electron chi connectivity index (χ0n) is 6.33. The Hall–Kier alpha value is -0.920. The van der Waals surface area contributed by atoms with Crippen LogP contribution in [0.2, 0.25) is 0 Å². The van der Waals surface area contributed by atoms with Crippen LogP contribution in [0.5, 0.6) is 0 Å². The molecule has 10 heavy (non-hydrogen) atoms. The highest BCUT2D eigenvalue weighted by atomic mass is 15.2. The topological polar surface area (TPSA) is 6.48 Å². The van der Waals surface area contributed by atoms with Crippen molar-refractivity contribution in [3.05, 3.63) is 31.7 Å². The minimum Gasteiger partial charge on any atom is -0.354 e. The molecule has 0 aromatic carbocycles. The van der Waals surface area contributed by atoms with Gasteiger partial charge in [-0.25, -0.2) is 0 Å². The molecule has 55 valence electrons.